The molecule has 2 aromatic carbocycles. The molecule has 0 aliphatic carbocycles. The van der Waals surface area contributed by atoms with Gasteiger partial charge in [-0.2, -0.15) is 0 Å². The number of nitrogens with zero attached hydrogens (tertiary/aromatic N) is 1. The second-order valence-corrected chi connectivity index (χ2v) is 7.09. The van der Waals surface area contributed by atoms with Crippen LogP contribution in [0.25, 0.3) is 11.3 Å². The Bertz CT molecular complexity index is 736. The summed E-state index contributed by atoms with van der Waals surface area (Å²) >= 11 is 3.30. The predicted octanol–water partition coefficient (Wildman–Crippen LogP) is 4.99. The highest BCUT2D eigenvalue weighted by Crippen LogP contribution is 2.36. The van der Waals surface area contributed by atoms with Gasteiger partial charge in [0.05, 0.1) is 0 Å². The summed E-state index contributed by atoms with van der Waals surface area (Å²) in [4.78, 5) is 4.69. The number of thiazole rings is 1. The first-order valence-corrected chi connectivity index (χ1v) is 8.52. The van der Waals surface area contributed by atoms with Crippen LogP contribution in [0.4, 0.5) is 5.00 Å². The Balaban J connectivity index is 1.78. The largest absolute Gasteiger partial charge is 0.389 e. The zero-order chi connectivity index (χ0) is 14.7. The van der Waals surface area contributed by atoms with Crippen molar-refractivity contribution in [1.82, 2.24) is 4.98 Å². The van der Waals surface area contributed by atoms with E-state index in [1.807, 2.05) is 12.1 Å². The van der Waals surface area contributed by atoms with Gasteiger partial charge in [-0.25, -0.2) is 4.98 Å². The minimum absolute atomic E-state index is 0.788. The van der Waals surface area contributed by atoms with E-state index in [9.17, 15) is 0 Å². The van der Waals surface area contributed by atoms with E-state index < -0.39 is 0 Å². The van der Waals surface area contributed by atoms with Gasteiger partial charge in [-0.15, -0.1) is 0 Å². The van der Waals surface area contributed by atoms with E-state index >= 15 is 0 Å². The highest BCUT2D eigenvalue weighted by atomic mass is 32.2. The number of aryl methyl sites for hydroxylation is 1. The van der Waals surface area contributed by atoms with Crippen LogP contribution < -0.4 is 5.73 Å². The summed E-state index contributed by atoms with van der Waals surface area (Å²) in [6.07, 6.45) is 0. The molecular weight excluding hydrogens is 296 g/mol. The van der Waals surface area contributed by atoms with Crippen molar-refractivity contribution in [3.63, 3.8) is 0 Å². The van der Waals surface area contributed by atoms with Crippen LogP contribution in [0.3, 0.4) is 0 Å². The number of rotatable bonds is 4. The molecule has 106 valence electrons. The fraction of sp³-hybridized carbons (Fsp3) is 0.118. The molecule has 0 unspecified atom stereocenters. The number of hydrogen-bond acceptors (Lipinski definition) is 4. The third-order valence-electron chi connectivity index (χ3n) is 3.13. The van der Waals surface area contributed by atoms with Crippen molar-refractivity contribution in [2.75, 3.05) is 5.73 Å². The molecule has 0 fully saturated rings. The lowest BCUT2D eigenvalue weighted by molar-refractivity contribution is 1.24. The molecule has 2 N–H and O–H groups in total. The van der Waals surface area contributed by atoms with Gasteiger partial charge in [0.25, 0.3) is 0 Å². The maximum Gasteiger partial charge on any atom is 0.152 e. The Labute approximate surface area is 133 Å². The quantitative estimate of drug-likeness (QED) is 0.690. The number of anilines is 1. The average Bonchev–Trinajstić information content (AvgIpc) is 2.87. The van der Waals surface area contributed by atoms with E-state index in [2.05, 4.69) is 49.4 Å². The van der Waals surface area contributed by atoms with Gasteiger partial charge in [0, 0.05) is 11.3 Å². The van der Waals surface area contributed by atoms with Crippen LogP contribution in [0, 0.1) is 6.92 Å². The van der Waals surface area contributed by atoms with E-state index in [0.29, 0.717) is 0 Å². The fourth-order valence-electron chi connectivity index (χ4n) is 2.09. The van der Waals surface area contributed by atoms with Crippen molar-refractivity contribution in [3.8, 4) is 11.3 Å². The first kappa shape index (κ1) is 14.2. The molecule has 1 aromatic heterocycles. The third kappa shape index (κ3) is 3.46. The summed E-state index contributed by atoms with van der Waals surface area (Å²) in [5, 5.41) is 0.788. The number of nitrogen functional groups attached to an aromatic ring is 1. The molecule has 0 aliphatic heterocycles. The number of hydrogen-bond donors (Lipinski definition) is 1. The van der Waals surface area contributed by atoms with Crippen molar-refractivity contribution in [2.45, 2.75) is 17.0 Å². The van der Waals surface area contributed by atoms with Crippen LogP contribution in [-0.2, 0) is 5.75 Å². The molecule has 0 spiro atoms. The zero-order valence-corrected chi connectivity index (χ0v) is 13.4. The molecule has 21 heavy (non-hydrogen) atoms. The number of nitrogens with two attached hydrogens (primary N) is 1. The summed E-state index contributed by atoms with van der Waals surface area (Å²) in [5.74, 6) is 0.918. The minimum atomic E-state index is 0.788. The number of thioether (sulfide) groups is 1. The Morgan fingerprint density at radius 1 is 1.10 bits per heavy atom. The highest BCUT2D eigenvalue weighted by Gasteiger charge is 2.11. The Morgan fingerprint density at radius 2 is 1.90 bits per heavy atom. The molecule has 3 rings (SSSR count). The van der Waals surface area contributed by atoms with Crippen molar-refractivity contribution >= 4 is 28.1 Å². The van der Waals surface area contributed by atoms with Gasteiger partial charge in [-0.3, -0.25) is 0 Å². The molecule has 3 aromatic rings. The second-order valence-electron chi connectivity index (χ2n) is 4.84. The normalized spacial score (nSPS) is 10.7. The smallest absolute Gasteiger partial charge is 0.152 e. The van der Waals surface area contributed by atoms with Gasteiger partial charge in [-0.1, -0.05) is 77.2 Å². The maximum absolute atomic E-state index is 6.14. The van der Waals surface area contributed by atoms with Crippen molar-refractivity contribution in [1.29, 1.82) is 0 Å². The lowest BCUT2D eigenvalue weighted by atomic mass is 10.1. The van der Waals surface area contributed by atoms with Crippen LogP contribution >= 0.6 is 23.1 Å². The molecule has 0 atom stereocenters. The molecule has 0 bridgehead atoms. The topological polar surface area (TPSA) is 38.9 Å². The molecule has 0 aliphatic rings. The van der Waals surface area contributed by atoms with Gasteiger partial charge in [0.2, 0.25) is 0 Å². The van der Waals surface area contributed by atoms with Crippen LogP contribution in [0.2, 0.25) is 0 Å². The molecule has 1 heterocycles. The summed E-state index contributed by atoms with van der Waals surface area (Å²) in [7, 11) is 0. The van der Waals surface area contributed by atoms with E-state index in [1.54, 1.807) is 23.1 Å². The Hall–Kier alpha value is -1.78. The van der Waals surface area contributed by atoms with E-state index in [-0.39, 0.29) is 0 Å². The number of benzene rings is 2. The lowest BCUT2D eigenvalue weighted by Gasteiger charge is -2.00. The molecule has 0 saturated heterocycles. The molecule has 0 saturated carbocycles. The minimum Gasteiger partial charge on any atom is -0.389 e. The molecule has 4 heteroatoms. The zero-order valence-electron chi connectivity index (χ0n) is 11.7. The van der Waals surface area contributed by atoms with Gasteiger partial charge in [0.1, 0.15) is 10.7 Å². The maximum atomic E-state index is 6.14. The van der Waals surface area contributed by atoms with Gasteiger partial charge in [0.15, 0.2) is 4.34 Å². The first-order valence-electron chi connectivity index (χ1n) is 6.72. The van der Waals surface area contributed by atoms with Crippen molar-refractivity contribution in [2.24, 2.45) is 0 Å². The first-order chi connectivity index (χ1) is 10.2. The third-order valence-corrected chi connectivity index (χ3v) is 5.23. The van der Waals surface area contributed by atoms with Crippen molar-refractivity contribution < 1.29 is 0 Å². The van der Waals surface area contributed by atoms with E-state index in [4.69, 9.17) is 10.7 Å². The molecule has 0 radical (unpaired) electrons. The average molecular weight is 312 g/mol. The van der Waals surface area contributed by atoms with Crippen LogP contribution in [-0.4, -0.2) is 4.98 Å². The van der Waals surface area contributed by atoms with Crippen LogP contribution in [0.5, 0.6) is 0 Å². The molecule has 0 amide bonds. The van der Waals surface area contributed by atoms with E-state index in [0.717, 1.165) is 26.4 Å². The predicted molar refractivity (Wildman–Crippen MR) is 92.7 cm³/mol. The summed E-state index contributed by atoms with van der Waals surface area (Å²) in [6.45, 7) is 2.08. The standard InChI is InChI=1S/C17H16N2S2/c1-12-6-5-9-14(10-12)15-16(18)21-17(19-15)20-11-13-7-3-2-4-8-13/h2-10H,11,18H2,1H3. The lowest BCUT2D eigenvalue weighted by Crippen LogP contribution is -1.86. The van der Waals surface area contributed by atoms with Crippen LogP contribution in [0.15, 0.2) is 58.9 Å². The van der Waals surface area contributed by atoms with Gasteiger partial charge >= 0.3 is 0 Å². The molecule has 2 nitrogen and oxygen atoms in total. The van der Waals surface area contributed by atoms with Gasteiger partial charge in [-0.05, 0) is 18.6 Å². The summed E-state index contributed by atoms with van der Waals surface area (Å²) < 4.78 is 1.02. The Kier molecular flexibility index (Phi) is 4.27. The van der Waals surface area contributed by atoms with Crippen LogP contribution in [0.1, 0.15) is 11.1 Å². The molecular formula is C17H16N2S2. The van der Waals surface area contributed by atoms with E-state index in [1.165, 1.54) is 11.1 Å². The van der Waals surface area contributed by atoms with Gasteiger partial charge < -0.3 is 5.73 Å². The SMILES string of the molecule is Cc1cccc(-c2nc(SCc3ccccc3)sc2N)c1. The highest BCUT2D eigenvalue weighted by molar-refractivity contribution is 8.00. The Morgan fingerprint density at radius 3 is 2.67 bits per heavy atom. The summed E-state index contributed by atoms with van der Waals surface area (Å²) in [6, 6.07) is 18.7. The summed E-state index contributed by atoms with van der Waals surface area (Å²) in [5.41, 5.74) is 10.7. The monoisotopic (exact) mass is 312 g/mol. The fourth-order valence-corrected chi connectivity index (χ4v) is 4.00. The number of aromatic nitrogens is 1. The second kappa shape index (κ2) is 6.33. The van der Waals surface area contributed by atoms with Crippen molar-refractivity contribution in [3.05, 3.63) is 65.7 Å².